The number of ether oxygens (including phenoxy) is 1. The molecule has 28 heavy (non-hydrogen) atoms. The molecule has 2 aromatic rings. The van der Waals surface area contributed by atoms with Gasteiger partial charge in [0.1, 0.15) is 5.75 Å². The number of rotatable bonds is 9. The number of aromatic nitrogens is 2. The number of halogens is 3. The zero-order chi connectivity index (χ0) is 20.4. The Labute approximate surface area is 162 Å². The van der Waals surface area contributed by atoms with E-state index in [1.54, 1.807) is 18.3 Å². The Morgan fingerprint density at radius 3 is 2.61 bits per heavy atom. The van der Waals surface area contributed by atoms with Gasteiger partial charge < -0.3 is 15.4 Å². The SMILES string of the molecule is CCNC(=NCc1ccc(OCC(F)(F)F)cc1)NCC(C)Cn1cccn1. The van der Waals surface area contributed by atoms with Crippen molar-refractivity contribution in [3.8, 4) is 5.75 Å². The first-order valence-electron chi connectivity index (χ1n) is 9.14. The molecule has 1 aromatic carbocycles. The van der Waals surface area contributed by atoms with Crippen LogP contribution in [0.2, 0.25) is 0 Å². The second-order valence-electron chi connectivity index (χ2n) is 6.46. The maximum atomic E-state index is 12.2. The summed E-state index contributed by atoms with van der Waals surface area (Å²) >= 11 is 0. The van der Waals surface area contributed by atoms with Gasteiger partial charge in [-0.25, -0.2) is 4.99 Å². The minimum absolute atomic E-state index is 0.183. The summed E-state index contributed by atoms with van der Waals surface area (Å²) in [7, 11) is 0. The highest BCUT2D eigenvalue weighted by atomic mass is 19.4. The molecule has 1 heterocycles. The van der Waals surface area contributed by atoms with Gasteiger partial charge in [0.25, 0.3) is 0 Å². The van der Waals surface area contributed by atoms with E-state index in [2.05, 4.69) is 27.6 Å². The molecule has 0 aliphatic rings. The van der Waals surface area contributed by atoms with Crippen LogP contribution in [-0.2, 0) is 13.1 Å². The standard InChI is InChI=1S/C19H26F3N5O/c1-3-23-18(24-11-15(2)13-27-10-4-9-26-27)25-12-16-5-7-17(8-6-16)28-14-19(20,21)22/h4-10,15H,3,11-14H2,1-2H3,(H2,23,24,25). The maximum absolute atomic E-state index is 12.2. The molecule has 6 nitrogen and oxygen atoms in total. The molecule has 0 radical (unpaired) electrons. The first kappa shape index (κ1) is 21.6. The Morgan fingerprint density at radius 2 is 2.00 bits per heavy atom. The molecule has 154 valence electrons. The lowest BCUT2D eigenvalue weighted by Crippen LogP contribution is -2.40. The molecule has 0 spiro atoms. The lowest BCUT2D eigenvalue weighted by atomic mass is 10.2. The average molecular weight is 397 g/mol. The van der Waals surface area contributed by atoms with Gasteiger partial charge in [-0.05, 0) is 36.6 Å². The third-order valence-electron chi connectivity index (χ3n) is 3.77. The third kappa shape index (κ3) is 8.32. The highest BCUT2D eigenvalue weighted by Crippen LogP contribution is 2.19. The van der Waals surface area contributed by atoms with E-state index in [0.29, 0.717) is 18.4 Å². The number of guanidine groups is 1. The number of nitrogens with zero attached hydrogens (tertiary/aromatic N) is 3. The summed E-state index contributed by atoms with van der Waals surface area (Å²) in [5.74, 6) is 1.23. The smallest absolute Gasteiger partial charge is 0.422 e. The van der Waals surface area contributed by atoms with E-state index in [9.17, 15) is 13.2 Å². The summed E-state index contributed by atoms with van der Waals surface area (Å²) in [5, 5.41) is 10.7. The molecule has 0 aliphatic heterocycles. The van der Waals surface area contributed by atoms with Crippen LogP contribution in [0.4, 0.5) is 13.2 Å². The summed E-state index contributed by atoms with van der Waals surface area (Å²) in [6.07, 6.45) is -0.660. The van der Waals surface area contributed by atoms with Crippen LogP contribution in [0.1, 0.15) is 19.4 Å². The van der Waals surface area contributed by atoms with Crippen molar-refractivity contribution in [1.29, 1.82) is 0 Å². The van der Waals surface area contributed by atoms with Gasteiger partial charge >= 0.3 is 6.18 Å². The predicted octanol–water partition coefficient (Wildman–Crippen LogP) is 3.22. The van der Waals surface area contributed by atoms with Gasteiger partial charge in [-0.2, -0.15) is 18.3 Å². The Balaban J connectivity index is 1.83. The van der Waals surface area contributed by atoms with Crippen molar-refractivity contribution in [1.82, 2.24) is 20.4 Å². The van der Waals surface area contributed by atoms with Gasteiger partial charge in [-0.3, -0.25) is 4.68 Å². The fourth-order valence-electron chi connectivity index (χ4n) is 2.43. The highest BCUT2D eigenvalue weighted by molar-refractivity contribution is 5.79. The van der Waals surface area contributed by atoms with Gasteiger partial charge in [-0.1, -0.05) is 19.1 Å². The lowest BCUT2D eigenvalue weighted by molar-refractivity contribution is -0.153. The number of hydrogen-bond donors (Lipinski definition) is 2. The molecule has 2 rings (SSSR count). The van der Waals surface area contributed by atoms with Crippen molar-refractivity contribution < 1.29 is 17.9 Å². The molecule has 0 amide bonds. The Bertz CT molecular complexity index is 714. The Morgan fingerprint density at radius 1 is 1.25 bits per heavy atom. The van der Waals surface area contributed by atoms with Gasteiger partial charge in [0.05, 0.1) is 6.54 Å². The van der Waals surface area contributed by atoms with Crippen LogP contribution in [0.15, 0.2) is 47.7 Å². The highest BCUT2D eigenvalue weighted by Gasteiger charge is 2.28. The fourth-order valence-corrected chi connectivity index (χ4v) is 2.43. The van der Waals surface area contributed by atoms with E-state index < -0.39 is 12.8 Å². The molecule has 2 N–H and O–H groups in total. The molecule has 9 heteroatoms. The van der Waals surface area contributed by atoms with Crippen LogP contribution in [0.3, 0.4) is 0 Å². The monoisotopic (exact) mass is 397 g/mol. The zero-order valence-electron chi connectivity index (χ0n) is 16.0. The van der Waals surface area contributed by atoms with Gasteiger partial charge in [0, 0.05) is 32.0 Å². The van der Waals surface area contributed by atoms with E-state index in [0.717, 1.165) is 25.2 Å². The van der Waals surface area contributed by atoms with Crippen LogP contribution in [0.25, 0.3) is 0 Å². The number of benzene rings is 1. The molecule has 0 bridgehead atoms. The topological polar surface area (TPSA) is 63.5 Å². The molecule has 0 aliphatic carbocycles. The van der Waals surface area contributed by atoms with Crippen molar-refractivity contribution in [3.63, 3.8) is 0 Å². The van der Waals surface area contributed by atoms with Crippen molar-refractivity contribution in [2.45, 2.75) is 33.1 Å². The minimum atomic E-state index is -4.34. The molecule has 0 fully saturated rings. The summed E-state index contributed by atoms with van der Waals surface area (Å²) in [5.41, 5.74) is 0.876. The molecule has 1 unspecified atom stereocenters. The van der Waals surface area contributed by atoms with E-state index in [1.807, 2.05) is 23.9 Å². The van der Waals surface area contributed by atoms with Crippen LogP contribution in [0.5, 0.6) is 5.75 Å². The molecule has 0 saturated heterocycles. The van der Waals surface area contributed by atoms with Gasteiger partial charge in [0.15, 0.2) is 12.6 Å². The first-order valence-corrected chi connectivity index (χ1v) is 9.14. The minimum Gasteiger partial charge on any atom is -0.484 e. The molecule has 0 saturated carbocycles. The first-order chi connectivity index (χ1) is 13.4. The molecule has 1 aromatic heterocycles. The quantitative estimate of drug-likeness (QED) is 0.504. The average Bonchev–Trinajstić information content (AvgIpc) is 3.15. The molecule has 1 atom stereocenters. The van der Waals surface area contributed by atoms with E-state index >= 15 is 0 Å². The Hall–Kier alpha value is -2.71. The predicted molar refractivity (Wildman–Crippen MR) is 102 cm³/mol. The summed E-state index contributed by atoms with van der Waals surface area (Å²) in [4.78, 5) is 4.52. The van der Waals surface area contributed by atoms with Crippen LogP contribution >= 0.6 is 0 Å². The number of nitrogens with one attached hydrogen (secondary N) is 2. The van der Waals surface area contributed by atoms with Crippen molar-refractivity contribution in [2.24, 2.45) is 10.9 Å². The summed E-state index contributed by atoms with van der Waals surface area (Å²) < 4.78 is 43.1. The van der Waals surface area contributed by atoms with E-state index in [4.69, 9.17) is 4.74 Å². The summed E-state index contributed by atoms with van der Waals surface area (Å²) in [6, 6.07) is 8.34. The molecular weight excluding hydrogens is 371 g/mol. The van der Waals surface area contributed by atoms with Crippen LogP contribution in [-0.4, -0.2) is 41.6 Å². The number of hydrogen-bond acceptors (Lipinski definition) is 3. The van der Waals surface area contributed by atoms with E-state index in [1.165, 1.54) is 12.1 Å². The van der Waals surface area contributed by atoms with Gasteiger partial charge in [0.2, 0.25) is 0 Å². The van der Waals surface area contributed by atoms with E-state index in [-0.39, 0.29) is 5.75 Å². The Kier molecular flexibility index (Phi) is 8.16. The number of aliphatic imine (C=N–C) groups is 1. The third-order valence-corrected chi connectivity index (χ3v) is 3.77. The van der Waals surface area contributed by atoms with Crippen molar-refractivity contribution in [2.75, 3.05) is 19.7 Å². The zero-order valence-corrected chi connectivity index (χ0v) is 16.0. The van der Waals surface area contributed by atoms with Gasteiger partial charge in [-0.15, -0.1) is 0 Å². The normalized spacial score (nSPS) is 13.2. The van der Waals surface area contributed by atoms with Crippen LogP contribution in [0, 0.1) is 5.92 Å². The second-order valence-corrected chi connectivity index (χ2v) is 6.46. The molecular formula is C19H26F3N5O. The largest absolute Gasteiger partial charge is 0.484 e. The maximum Gasteiger partial charge on any atom is 0.422 e. The van der Waals surface area contributed by atoms with Crippen LogP contribution < -0.4 is 15.4 Å². The summed E-state index contributed by atoms with van der Waals surface area (Å²) in [6.45, 7) is 5.48. The number of alkyl halides is 3. The second kappa shape index (κ2) is 10.6. The fraction of sp³-hybridized carbons (Fsp3) is 0.474. The lowest BCUT2D eigenvalue weighted by Gasteiger charge is -2.16. The van der Waals surface area contributed by atoms with Crippen molar-refractivity contribution >= 4 is 5.96 Å². The van der Waals surface area contributed by atoms with Crippen molar-refractivity contribution in [3.05, 3.63) is 48.3 Å².